The van der Waals surface area contributed by atoms with Crippen molar-refractivity contribution >= 4 is 11.9 Å². The smallest absolute Gasteiger partial charge is 0.306 e. The SMILES string of the molecule is CCCCCCCCC(O)C(CCCCCCCC(=O)OC)OC(=O)CC(C)CCCC(C)(C)O. The molecule has 0 spiro atoms. The number of carbonyl (C=O) groups excluding carboxylic acids is 2. The Kier molecular flexibility index (Phi) is 20.3. The number of hydrogen-bond acceptors (Lipinski definition) is 6. The predicted octanol–water partition coefficient (Wildman–Crippen LogP) is 6.88. The molecule has 6 heteroatoms. The van der Waals surface area contributed by atoms with Gasteiger partial charge in [0.1, 0.15) is 6.10 Å². The van der Waals surface area contributed by atoms with Crippen molar-refractivity contribution in [2.75, 3.05) is 7.11 Å². The van der Waals surface area contributed by atoms with Gasteiger partial charge in [-0.25, -0.2) is 0 Å². The average molecular weight is 501 g/mol. The monoisotopic (exact) mass is 500 g/mol. The van der Waals surface area contributed by atoms with Gasteiger partial charge in [0.05, 0.1) is 18.8 Å². The molecule has 0 saturated heterocycles. The van der Waals surface area contributed by atoms with Crippen LogP contribution in [0.2, 0.25) is 0 Å². The molecular weight excluding hydrogens is 444 g/mol. The highest BCUT2D eigenvalue weighted by molar-refractivity contribution is 5.70. The number of rotatable bonds is 23. The van der Waals surface area contributed by atoms with Gasteiger partial charge in [-0.2, -0.15) is 0 Å². The second-order valence-corrected chi connectivity index (χ2v) is 11.0. The molecule has 2 N–H and O–H groups in total. The highest BCUT2D eigenvalue weighted by atomic mass is 16.6. The van der Waals surface area contributed by atoms with Crippen LogP contribution in [-0.2, 0) is 19.1 Å². The van der Waals surface area contributed by atoms with E-state index in [1.807, 2.05) is 6.92 Å². The molecule has 6 nitrogen and oxygen atoms in total. The minimum Gasteiger partial charge on any atom is -0.469 e. The Morgan fingerprint density at radius 1 is 0.800 bits per heavy atom. The van der Waals surface area contributed by atoms with Gasteiger partial charge < -0.3 is 19.7 Å². The molecule has 3 atom stereocenters. The van der Waals surface area contributed by atoms with E-state index in [9.17, 15) is 19.8 Å². The van der Waals surface area contributed by atoms with Crippen LogP contribution in [0.3, 0.4) is 0 Å². The van der Waals surface area contributed by atoms with Gasteiger partial charge in [-0.15, -0.1) is 0 Å². The molecule has 0 fully saturated rings. The van der Waals surface area contributed by atoms with Crippen molar-refractivity contribution in [3.63, 3.8) is 0 Å². The molecule has 0 rings (SSSR count). The quantitative estimate of drug-likeness (QED) is 0.117. The number of hydrogen-bond donors (Lipinski definition) is 2. The number of esters is 2. The van der Waals surface area contributed by atoms with Gasteiger partial charge in [0.2, 0.25) is 0 Å². The van der Waals surface area contributed by atoms with E-state index in [4.69, 9.17) is 4.74 Å². The molecule has 0 aromatic rings. The number of unbranched alkanes of at least 4 members (excludes halogenated alkanes) is 9. The lowest BCUT2D eigenvalue weighted by molar-refractivity contribution is -0.157. The minimum absolute atomic E-state index is 0.163. The van der Waals surface area contributed by atoms with Crippen LogP contribution < -0.4 is 0 Å². The average Bonchev–Trinajstić information content (AvgIpc) is 2.78. The van der Waals surface area contributed by atoms with Crippen molar-refractivity contribution in [1.29, 1.82) is 0 Å². The summed E-state index contributed by atoms with van der Waals surface area (Å²) < 4.78 is 10.5. The van der Waals surface area contributed by atoms with Crippen molar-refractivity contribution < 1.29 is 29.3 Å². The van der Waals surface area contributed by atoms with Crippen LogP contribution in [0.15, 0.2) is 0 Å². The van der Waals surface area contributed by atoms with Crippen molar-refractivity contribution in [2.24, 2.45) is 5.92 Å². The van der Waals surface area contributed by atoms with Crippen molar-refractivity contribution in [3.05, 3.63) is 0 Å². The second-order valence-electron chi connectivity index (χ2n) is 11.0. The number of ether oxygens (including phenoxy) is 2. The lowest BCUT2D eigenvalue weighted by Crippen LogP contribution is -2.32. The third kappa shape index (κ3) is 21.8. The van der Waals surface area contributed by atoms with Gasteiger partial charge in [0, 0.05) is 12.8 Å². The molecule has 208 valence electrons. The summed E-state index contributed by atoms with van der Waals surface area (Å²) in [5.74, 6) is -0.203. The molecule has 0 aromatic carbocycles. The molecule has 0 aliphatic rings. The van der Waals surface area contributed by atoms with Crippen molar-refractivity contribution in [3.8, 4) is 0 Å². The molecule has 35 heavy (non-hydrogen) atoms. The minimum atomic E-state index is -0.675. The highest BCUT2D eigenvalue weighted by Gasteiger charge is 2.24. The topological polar surface area (TPSA) is 93.1 Å². The summed E-state index contributed by atoms with van der Waals surface area (Å²) in [5, 5.41) is 20.7. The van der Waals surface area contributed by atoms with E-state index in [0.29, 0.717) is 32.1 Å². The zero-order valence-electron chi connectivity index (χ0n) is 23.5. The van der Waals surface area contributed by atoms with E-state index in [0.717, 1.165) is 57.8 Å². The molecular formula is C29H56O6. The molecule has 0 aliphatic carbocycles. The van der Waals surface area contributed by atoms with Crippen molar-refractivity contribution in [2.45, 2.75) is 161 Å². The first kappa shape index (κ1) is 33.9. The zero-order chi connectivity index (χ0) is 26.5. The van der Waals surface area contributed by atoms with Gasteiger partial charge in [-0.05, 0) is 51.9 Å². The third-order valence-corrected chi connectivity index (χ3v) is 6.66. The van der Waals surface area contributed by atoms with E-state index in [-0.39, 0.29) is 17.9 Å². The van der Waals surface area contributed by atoms with Gasteiger partial charge in [-0.1, -0.05) is 84.5 Å². The van der Waals surface area contributed by atoms with Crippen LogP contribution in [-0.4, -0.2) is 47.1 Å². The Morgan fingerprint density at radius 3 is 1.97 bits per heavy atom. The Morgan fingerprint density at radius 2 is 1.37 bits per heavy atom. The standard InChI is InChI=1S/C29H56O6/c1-6-7-8-9-11-14-19-25(30)26(20-15-12-10-13-16-21-27(31)34-5)35-28(32)23-24(2)18-17-22-29(3,4)33/h24-26,30,33H,6-23H2,1-5H3. The zero-order valence-corrected chi connectivity index (χ0v) is 23.5. The largest absolute Gasteiger partial charge is 0.469 e. The van der Waals surface area contributed by atoms with Crippen LogP contribution >= 0.6 is 0 Å². The lowest BCUT2D eigenvalue weighted by Gasteiger charge is -2.24. The molecule has 0 saturated carbocycles. The van der Waals surface area contributed by atoms with Gasteiger partial charge in [0.15, 0.2) is 0 Å². The number of aliphatic hydroxyl groups is 2. The second kappa shape index (κ2) is 21.0. The Hall–Kier alpha value is -1.14. The fourth-order valence-electron chi connectivity index (χ4n) is 4.38. The number of aliphatic hydroxyl groups excluding tert-OH is 1. The summed E-state index contributed by atoms with van der Waals surface area (Å²) >= 11 is 0. The van der Waals surface area contributed by atoms with Crippen LogP contribution in [0.1, 0.15) is 143 Å². The van der Waals surface area contributed by atoms with Gasteiger partial charge in [-0.3, -0.25) is 9.59 Å². The first-order chi connectivity index (χ1) is 16.6. The molecule has 0 heterocycles. The van der Waals surface area contributed by atoms with E-state index in [2.05, 4.69) is 11.7 Å². The molecule has 0 aromatic heterocycles. The van der Waals surface area contributed by atoms with E-state index in [1.54, 1.807) is 13.8 Å². The van der Waals surface area contributed by atoms with Crippen molar-refractivity contribution in [1.82, 2.24) is 0 Å². The Balaban J connectivity index is 4.49. The van der Waals surface area contributed by atoms with Crippen LogP contribution in [0, 0.1) is 5.92 Å². The van der Waals surface area contributed by atoms with Crippen LogP contribution in [0.4, 0.5) is 0 Å². The van der Waals surface area contributed by atoms with Gasteiger partial charge >= 0.3 is 11.9 Å². The number of methoxy groups -OCH3 is 1. The number of carbonyl (C=O) groups is 2. The van der Waals surface area contributed by atoms with Crippen LogP contribution in [0.25, 0.3) is 0 Å². The lowest BCUT2D eigenvalue weighted by atomic mass is 9.95. The van der Waals surface area contributed by atoms with E-state index >= 15 is 0 Å². The fourth-order valence-corrected chi connectivity index (χ4v) is 4.38. The summed E-state index contributed by atoms with van der Waals surface area (Å²) in [5.41, 5.74) is -0.675. The van der Waals surface area contributed by atoms with E-state index in [1.165, 1.54) is 32.8 Å². The first-order valence-electron chi connectivity index (χ1n) is 14.3. The maximum atomic E-state index is 12.6. The summed E-state index contributed by atoms with van der Waals surface area (Å²) in [6.45, 7) is 7.86. The molecule has 0 amide bonds. The summed E-state index contributed by atoms with van der Waals surface area (Å²) in [6, 6.07) is 0. The third-order valence-electron chi connectivity index (χ3n) is 6.66. The Labute approximate surface area is 215 Å². The Bertz CT molecular complexity index is 528. The van der Waals surface area contributed by atoms with Gasteiger partial charge in [0.25, 0.3) is 0 Å². The molecule has 0 aliphatic heterocycles. The summed E-state index contributed by atoms with van der Waals surface area (Å²) in [7, 11) is 1.41. The van der Waals surface area contributed by atoms with E-state index < -0.39 is 17.8 Å². The summed E-state index contributed by atoms with van der Waals surface area (Å²) in [4.78, 5) is 23.8. The fraction of sp³-hybridized carbons (Fsp3) is 0.931. The predicted molar refractivity (Wildman–Crippen MR) is 142 cm³/mol. The normalized spacial score (nSPS) is 14.4. The first-order valence-corrected chi connectivity index (χ1v) is 14.3. The molecule has 3 unspecified atom stereocenters. The molecule has 0 radical (unpaired) electrons. The maximum absolute atomic E-state index is 12.6. The molecule has 0 bridgehead atoms. The maximum Gasteiger partial charge on any atom is 0.306 e. The van der Waals surface area contributed by atoms with Crippen LogP contribution in [0.5, 0.6) is 0 Å². The summed E-state index contributed by atoms with van der Waals surface area (Å²) in [6.07, 6.45) is 15.2. The highest BCUT2D eigenvalue weighted by Crippen LogP contribution is 2.21.